The van der Waals surface area contributed by atoms with Crippen molar-refractivity contribution in [2.45, 2.75) is 39.3 Å². The summed E-state index contributed by atoms with van der Waals surface area (Å²) in [7, 11) is 7.06. The third kappa shape index (κ3) is 7.17. The van der Waals surface area contributed by atoms with E-state index < -0.39 is 0 Å². The molecule has 0 bridgehead atoms. The van der Waals surface area contributed by atoms with Crippen LogP contribution < -0.4 is 10.1 Å². The highest BCUT2D eigenvalue weighted by molar-refractivity contribution is 5.99. The van der Waals surface area contributed by atoms with E-state index in [4.69, 9.17) is 9.47 Å². The summed E-state index contributed by atoms with van der Waals surface area (Å²) in [5.74, 6) is 0.0585. The van der Waals surface area contributed by atoms with Gasteiger partial charge in [0, 0.05) is 45.3 Å². The number of amides is 3. The summed E-state index contributed by atoms with van der Waals surface area (Å²) in [5, 5.41) is 2.79. The molecule has 0 saturated carbocycles. The van der Waals surface area contributed by atoms with Gasteiger partial charge in [-0.05, 0) is 39.2 Å². The number of anilines is 1. The van der Waals surface area contributed by atoms with Crippen LogP contribution in [0.1, 0.15) is 37.6 Å². The molecule has 1 aromatic carbocycles. The molecule has 0 aromatic heterocycles. The molecule has 0 unspecified atom stereocenters. The highest BCUT2D eigenvalue weighted by Crippen LogP contribution is 2.26. The minimum absolute atomic E-state index is 0.00659. The molecule has 1 aliphatic rings. The molecule has 0 saturated heterocycles. The largest absolute Gasteiger partial charge is 0.491 e. The minimum Gasteiger partial charge on any atom is -0.491 e. The zero-order valence-corrected chi connectivity index (χ0v) is 20.9. The first-order valence-corrected chi connectivity index (χ1v) is 11.4. The number of hydrogen-bond donors (Lipinski definition) is 1. The van der Waals surface area contributed by atoms with Gasteiger partial charge in [0.1, 0.15) is 12.4 Å². The molecule has 1 aromatic rings. The Morgan fingerprint density at radius 2 is 1.94 bits per heavy atom. The Bertz CT molecular complexity index is 844. The fourth-order valence-corrected chi connectivity index (χ4v) is 3.81. The Labute approximate surface area is 197 Å². The minimum atomic E-state index is -0.257. The van der Waals surface area contributed by atoms with E-state index in [0.29, 0.717) is 43.1 Å². The van der Waals surface area contributed by atoms with Crippen LogP contribution in [0.15, 0.2) is 18.2 Å². The van der Waals surface area contributed by atoms with Crippen molar-refractivity contribution in [3.63, 3.8) is 0 Å². The van der Waals surface area contributed by atoms with Crippen LogP contribution in [0.3, 0.4) is 0 Å². The number of methoxy groups -OCH3 is 1. The lowest BCUT2D eigenvalue weighted by molar-refractivity contribution is -0.136. The van der Waals surface area contributed by atoms with Gasteiger partial charge in [-0.2, -0.15) is 0 Å². The maximum Gasteiger partial charge on any atom is 0.257 e. The van der Waals surface area contributed by atoms with Crippen LogP contribution in [-0.2, 0) is 14.3 Å². The van der Waals surface area contributed by atoms with Crippen LogP contribution in [-0.4, -0.2) is 99.1 Å². The fourth-order valence-electron chi connectivity index (χ4n) is 3.81. The van der Waals surface area contributed by atoms with Crippen molar-refractivity contribution in [1.82, 2.24) is 14.7 Å². The smallest absolute Gasteiger partial charge is 0.257 e. The highest BCUT2D eigenvalue weighted by atomic mass is 16.5. The van der Waals surface area contributed by atoms with Gasteiger partial charge in [-0.1, -0.05) is 13.8 Å². The van der Waals surface area contributed by atoms with Crippen LogP contribution in [0.25, 0.3) is 0 Å². The van der Waals surface area contributed by atoms with Gasteiger partial charge in [-0.25, -0.2) is 0 Å². The number of ether oxygens (including phenoxy) is 2. The average molecular weight is 463 g/mol. The molecule has 0 spiro atoms. The first-order chi connectivity index (χ1) is 15.6. The first-order valence-electron chi connectivity index (χ1n) is 11.4. The molecular weight excluding hydrogens is 424 g/mol. The SMILES string of the molecule is CCC(=O)Nc1ccc2c(c1)C(=O)N(C)C[C@H](OC)[C@@H](C)CN(C(=O)CN(C)C)[C@@H](C)CO2. The quantitative estimate of drug-likeness (QED) is 0.719. The first kappa shape index (κ1) is 26.6. The van der Waals surface area contributed by atoms with Crippen molar-refractivity contribution in [3.05, 3.63) is 23.8 Å². The molecule has 9 nitrogen and oxygen atoms in total. The topological polar surface area (TPSA) is 91.4 Å². The van der Waals surface area contributed by atoms with Gasteiger partial charge in [0.15, 0.2) is 0 Å². The predicted octanol–water partition coefficient (Wildman–Crippen LogP) is 1.93. The molecule has 1 aliphatic heterocycles. The molecule has 184 valence electrons. The molecule has 0 aliphatic carbocycles. The lowest BCUT2D eigenvalue weighted by Crippen LogP contribution is -2.50. The highest BCUT2D eigenvalue weighted by Gasteiger charge is 2.30. The monoisotopic (exact) mass is 462 g/mol. The Kier molecular flexibility index (Phi) is 9.67. The zero-order valence-electron chi connectivity index (χ0n) is 20.9. The van der Waals surface area contributed by atoms with E-state index in [1.807, 2.05) is 37.7 Å². The molecule has 3 atom stereocenters. The van der Waals surface area contributed by atoms with Gasteiger partial charge in [0.25, 0.3) is 5.91 Å². The zero-order chi connectivity index (χ0) is 24.7. The second kappa shape index (κ2) is 12.0. The van der Waals surface area contributed by atoms with Crippen LogP contribution >= 0.6 is 0 Å². The maximum absolute atomic E-state index is 13.3. The van der Waals surface area contributed by atoms with Crippen molar-refractivity contribution in [2.75, 3.05) is 59.8 Å². The van der Waals surface area contributed by atoms with Crippen molar-refractivity contribution < 1.29 is 23.9 Å². The molecule has 0 radical (unpaired) electrons. The van der Waals surface area contributed by atoms with Crippen molar-refractivity contribution in [1.29, 1.82) is 0 Å². The standard InChI is InChI=1S/C24H38N4O5/c1-8-22(29)25-18-9-10-20-19(11-18)24(31)27(6)13-21(32-7)16(2)12-28(17(3)15-33-20)23(30)14-26(4)5/h9-11,16-17,21H,8,12-15H2,1-7H3,(H,25,29)/t16-,17-,21-/m0/s1. The molecule has 3 amide bonds. The lowest BCUT2D eigenvalue weighted by Gasteiger charge is -2.36. The van der Waals surface area contributed by atoms with Crippen molar-refractivity contribution in [3.8, 4) is 5.75 Å². The van der Waals surface area contributed by atoms with Gasteiger partial charge < -0.3 is 29.5 Å². The van der Waals surface area contributed by atoms with E-state index in [0.717, 1.165) is 0 Å². The van der Waals surface area contributed by atoms with Gasteiger partial charge in [0.2, 0.25) is 11.8 Å². The molecule has 1 N–H and O–H groups in total. The summed E-state index contributed by atoms with van der Waals surface area (Å²) in [5.41, 5.74) is 0.887. The Morgan fingerprint density at radius 1 is 1.24 bits per heavy atom. The van der Waals surface area contributed by atoms with Crippen LogP contribution in [0.2, 0.25) is 0 Å². The Balaban J connectivity index is 2.44. The molecule has 2 rings (SSSR count). The molecule has 0 fully saturated rings. The van der Waals surface area contributed by atoms with Crippen LogP contribution in [0.4, 0.5) is 5.69 Å². The second-order valence-corrected chi connectivity index (χ2v) is 8.99. The number of carbonyl (C=O) groups is 3. The molecule has 33 heavy (non-hydrogen) atoms. The summed E-state index contributed by atoms with van der Waals surface area (Å²) >= 11 is 0. The third-order valence-electron chi connectivity index (χ3n) is 5.82. The lowest BCUT2D eigenvalue weighted by atomic mass is 10.0. The van der Waals surface area contributed by atoms with E-state index in [1.54, 1.807) is 44.2 Å². The normalized spacial score (nSPS) is 22.2. The molecule has 1 heterocycles. The van der Waals surface area contributed by atoms with Gasteiger partial charge >= 0.3 is 0 Å². The summed E-state index contributed by atoms with van der Waals surface area (Å²) in [6.45, 7) is 7.10. The van der Waals surface area contributed by atoms with E-state index in [9.17, 15) is 14.4 Å². The van der Waals surface area contributed by atoms with E-state index >= 15 is 0 Å². The van der Waals surface area contributed by atoms with Gasteiger partial charge in [-0.15, -0.1) is 0 Å². The number of carbonyl (C=O) groups excluding carboxylic acids is 3. The number of fused-ring (bicyclic) bond motifs is 1. The van der Waals surface area contributed by atoms with Crippen molar-refractivity contribution >= 4 is 23.4 Å². The third-order valence-corrected chi connectivity index (χ3v) is 5.82. The number of nitrogens with one attached hydrogen (secondary N) is 1. The van der Waals surface area contributed by atoms with E-state index in [1.165, 1.54) is 0 Å². The summed E-state index contributed by atoms with van der Waals surface area (Å²) in [4.78, 5) is 43.4. The maximum atomic E-state index is 13.3. The fraction of sp³-hybridized carbons (Fsp3) is 0.625. The molecule has 9 heteroatoms. The number of hydrogen-bond acceptors (Lipinski definition) is 6. The number of rotatable bonds is 5. The average Bonchev–Trinajstić information content (AvgIpc) is 2.77. The van der Waals surface area contributed by atoms with Gasteiger partial charge in [-0.3, -0.25) is 14.4 Å². The van der Waals surface area contributed by atoms with Crippen LogP contribution in [0.5, 0.6) is 5.75 Å². The van der Waals surface area contributed by atoms with Crippen LogP contribution in [0, 0.1) is 5.92 Å². The summed E-state index contributed by atoms with van der Waals surface area (Å²) < 4.78 is 11.8. The summed E-state index contributed by atoms with van der Waals surface area (Å²) in [6, 6.07) is 4.83. The number of likely N-dealkylation sites (N-methyl/N-ethyl adjacent to an activating group) is 2. The Morgan fingerprint density at radius 3 is 2.55 bits per heavy atom. The Hall–Kier alpha value is -2.65. The summed E-state index contributed by atoms with van der Waals surface area (Å²) in [6.07, 6.45) is 0.0796. The number of benzene rings is 1. The van der Waals surface area contributed by atoms with Crippen molar-refractivity contribution in [2.24, 2.45) is 5.92 Å². The predicted molar refractivity (Wildman–Crippen MR) is 128 cm³/mol. The molecular formula is C24H38N4O5. The second-order valence-electron chi connectivity index (χ2n) is 8.99. The number of nitrogens with zero attached hydrogens (tertiary/aromatic N) is 3. The van der Waals surface area contributed by atoms with E-state index in [2.05, 4.69) is 5.32 Å². The van der Waals surface area contributed by atoms with E-state index in [-0.39, 0.29) is 42.4 Å². The van der Waals surface area contributed by atoms with Gasteiger partial charge in [0.05, 0.1) is 24.3 Å².